The molecule has 0 heterocycles. The Labute approximate surface area is 187 Å². The van der Waals surface area contributed by atoms with E-state index < -0.39 is 0 Å². The minimum Gasteiger partial charge on any atom is -0.0613 e. The van der Waals surface area contributed by atoms with Gasteiger partial charge in [0.05, 0.1) is 0 Å². The minimum atomic E-state index is 0.143. The molecule has 0 saturated heterocycles. The lowest BCUT2D eigenvalue weighted by atomic mass is 9.73. The van der Waals surface area contributed by atoms with Crippen LogP contribution < -0.4 is 0 Å². The molecule has 0 heteroatoms. The zero-order valence-corrected chi connectivity index (χ0v) is 22.0. The largest absolute Gasteiger partial charge is 0.0613 e. The first kappa shape index (κ1) is 24.7. The molecule has 2 aromatic carbocycles. The summed E-state index contributed by atoms with van der Waals surface area (Å²) in [6.07, 6.45) is 4.38. The molecule has 0 fully saturated rings. The van der Waals surface area contributed by atoms with Crippen molar-refractivity contribution >= 4 is 0 Å². The third-order valence-corrected chi connectivity index (χ3v) is 6.91. The Balaban J connectivity index is 3.17. The van der Waals surface area contributed by atoms with Crippen LogP contribution in [0.2, 0.25) is 0 Å². The fourth-order valence-electron chi connectivity index (χ4n) is 5.46. The zero-order valence-electron chi connectivity index (χ0n) is 22.0. The summed E-state index contributed by atoms with van der Waals surface area (Å²) in [7, 11) is 0. The number of aryl methyl sites for hydroxylation is 2. The highest BCUT2D eigenvalue weighted by Crippen LogP contribution is 2.44. The number of hydrogen-bond donors (Lipinski definition) is 0. The summed E-state index contributed by atoms with van der Waals surface area (Å²) in [5, 5.41) is 0. The third-order valence-electron chi connectivity index (χ3n) is 6.91. The lowest BCUT2D eigenvalue weighted by Crippen LogP contribution is -2.18. The lowest BCUT2D eigenvalue weighted by molar-refractivity contribution is 0.583. The van der Waals surface area contributed by atoms with Gasteiger partial charge in [0, 0.05) is 0 Å². The molecule has 166 valence electrons. The quantitative estimate of drug-likeness (QED) is 0.465. The van der Waals surface area contributed by atoms with E-state index >= 15 is 0 Å². The Morgan fingerprint density at radius 1 is 0.533 bits per heavy atom. The first-order valence-corrected chi connectivity index (χ1v) is 12.1. The molecule has 0 atom stereocenters. The van der Waals surface area contributed by atoms with Crippen molar-refractivity contribution in [3.63, 3.8) is 0 Å². The summed E-state index contributed by atoms with van der Waals surface area (Å²) in [4.78, 5) is 0. The lowest BCUT2D eigenvalue weighted by Gasteiger charge is -2.32. The predicted molar refractivity (Wildman–Crippen MR) is 136 cm³/mol. The summed E-state index contributed by atoms with van der Waals surface area (Å²) in [5.74, 6) is 0. The summed E-state index contributed by atoms with van der Waals surface area (Å²) in [6, 6.07) is 5.01. The van der Waals surface area contributed by atoms with E-state index in [1.54, 1.807) is 11.1 Å². The van der Waals surface area contributed by atoms with Gasteiger partial charge < -0.3 is 0 Å². The highest BCUT2D eigenvalue weighted by Gasteiger charge is 2.28. The van der Waals surface area contributed by atoms with Gasteiger partial charge in [-0.1, -0.05) is 81.4 Å². The fraction of sp³-hybridized carbons (Fsp3) is 0.600. The molecule has 0 nitrogen and oxygen atoms in total. The van der Waals surface area contributed by atoms with E-state index in [0.29, 0.717) is 0 Å². The smallest absolute Gasteiger partial charge is 0.0111 e. The molecule has 0 aliphatic carbocycles. The van der Waals surface area contributed by atoms with Gasteiger partial charge in [0.1, 0.15) is 0 Å². The summed E-state index contributed by atoms with van der Waals surface area (Å²) in [5.41, 5.74) is 15.5. The molecule has 0 saturated carbocycles. The Morgan fingerprint density at radius 3 is 1.03 bits per heavy atom. The standard InChI is InChI=1S/C30H46/c1-13-21-17-25(29(7,8)9)19(5)27(23(21)15-3)28-20(6)26(30(10,11)12)18-22(14-2)24(28)16-4/h17-18H,13-16H2,1-12H3. The fourth-order valence-corrected chi connectivity index (χ4v) is 5.46. The molecule has 0 aliphatic heterocycles. The van der Waals surface area contributed by atoms with E-state index in [1.807, 2.05) is 0 Å². The van der Waals surface area contributed by atoms with Crippen LogP contribution in [0.1, 0.15) is 114 Å². The van der Waals surface area contributed by atoms with Crippen molar-refractivity contribution < 1.29 is 0 Å². The first-order chi connectivity index (χ1) is 13.8. The predicted octanol–water partition coefficient (Wildman–Crippen LogP) is 8.82. The average Bonchev–Trinajstić information content (AvgIpc) is 2.65. The normalized spacial score (nSPS) is 12.5. The monoisotopic (exact) mass is 406 g/mol. The van der Waals surface area contributed by atoms with Crippen LogP contribution in [0.3, 0.4) is 0 Å². The molecule has 0 amide bonds. The molecule has 0 bridgehead atoms. The van der Waals surface area contributed by atoms with E-state index in [1.165, 1.54) is 44.5 Å². The average molecular weight is 407 g/mol. The SMILES string of the molecule is CCc1cc(C(C)(C)C)c(C)c(-c2c(C)c(C(C)(C)C)cc(CC)c2CC)c1CC. The second-order valence-electron chi connectivity index (χ2n) is 11.0. The van der Waals surface area contributed by atoms with Gasteiger partial charge in [-0.3, -0.25) is 0 Å². The van der Waals surface area contributed by atoms with E-state index in [2.05, 4.69) is 95.2 Å². The first-order valence-electron chi connectivity index (χ1n) is 12.1. The molecule has 30 heavy (non-hydrogen) atoms. The maximum absolute atomic E-state index is 2.51. The van der Waals surface area contributed by atoms with Crippen molar-refractivity contribution in [2.75, 3.05) is 0 Å². The molecule has 0 radical (unpaired) electrons. The number of hydrogen-bond acceptors (Lipinski definition) is 0. The van der Waals surface area contributed by atoms with Crippen LogP contribution in [0.4, 0.5) is 0 Å². The van der Waals surface area contributed by atoms with Crippen molar-refractivity contribution in [3.05, 3.63) is 56.6 Å². The minimum absolute atomic E-state index is 0.143. The van der Waals surface area contributed by atoms with Crippen molar-refractivity contribution in [1.82, 2.24) is 0 Å². The number of rotatable bonds is 5. The molecule has 2 aromatic rings. The zero-order chi connectivity index (χ0) is 23.0. The highest BCUT2D eigenvalue weighted by molar-refractivity contribution is 5.81. The molecule has 0 unspecified atom stereocenters. The maximum atomic E-state index is 2.51. The van der Waals surface area contributed by atoms with Crippen molar-refractivity contribution in [2.24, 2.45) is 0 Å². The van der Waals surface area contributed by atoms with E-state index in [9.17, 15) is 0 Å². The molecule has 0 aromatic heterocycles. The van der Waals surface area contributed by atoms with Gasteiger partial charge in [0.15, 0.2) is 0 Å². The van der Waals surface area contributed by atoms with Crippen LogP contribution >= 0.6 is 0 Å². The van der Waals surface area contributed by atoms with Gasteiger partial charge in [-0.15, -0.1) is 0 Å². The summed E-state index contributed by atoms with van der Waals surface area (Å²) >= 11 is 0. The molecule has 0 spiro atoms. The van der Waals surface area contributed by atoms with Gasteiger partial charge in [0.25, 0.3) is 0 Å². The topological polar surface area (TPSA) is 0 Å². The second kappa shape index (κ2) is 8.89. The van der Waals surface area contributed by atoms with Gasteiger partial charge >= 0.3 is 0 Å². The molecule has 0 aliphatic rings. The van der Waals surface area contributed by atoms with Crippen LogP contribution in [0.5, 0.6) is 0 Å². The van der Waals surface area contributed by atoms with Crippen LogP contribution in [0.25, 0.3) is 11.1 Å². The van der Waals surface area contributed by atoms with E-state index in [4.69, 9.17) is 0 Å². The Hall–Kier alpha value is -1.56. The van der Waals surface area contributed by atoms with Crippen LogP contribution in [0, 0.1) is 13.8 Å². The Bertz CT molecular complexity index is 834. The van der Waals surface area contributed by atoms with Gasteiger partial charge in [-0.2, -0.15) is 0 Å². The third kappa shape index (κ3) is 4.39. The van der Waals surface area contributed by atoms with Crippen LogP contribution in [-0.4, -0.2) is 0 Å². The summed E-state index contributed by atoms with van der Waals surface area (Å²) < 4.78 is 0. The molecular weight excluding hydrogens is 360 g/mol. The molecule has 2 rings (SSSR count). The van der Waals surface area contributed by atoms with Crippen LogP contribution in [-0.2, 0) is 36.5 Å². The maximum Gasteiger partial charge on any atom is -0.0111 e. The second-order valence-corrected chi connectivity index (χ2v) is 11.0. The Morgan fingerprint density at radius 2 is 0.833 bits per heavy atom. The highest BCUT2D eigenvalue weighted by atomic mass is 14.3. The van der Waals surface area contributed by atoms with Crippen molar-refractivity contribution in [1.29, 1.82) is 0 Å². The summed E-state index contributed by atoms with van der Waals surface area (Å²) in [6.45, 7) is 28.2. The molecular formula is C30H46. The van der Waals surface area contributed by atoms with Gasteiger partial charge in [0.2, 0.25) is 0 Å². The van der Waals surface area contributed by atoms with E-state index in [-0.39, 0.29) is 10.8 Å². The van der Waals surface area contributed by atoms with Gasteiger partial charge in [-0.05, 0) is 106 Å². The van der Waals surface area contributed by atoms with Crippen molar-refractivity contribution in [3.8, 4) is 11.1 Å². The van der Waals surface area contributed by atoms with Crippen LogP contribution in [0.15, 0.2) is 12.1 Å². The molecule has 0 N–H and O–H groups in total. The van der Waals surface area contributed by atoms with Crippen molar-refractivity contribution in [2.45, 2.75) is 120 Å². The Kier molecular flexibility index (Phi) is 7.33. The number of benzene rings is 2. The van der Waals surface area contributed by atoms with Gasteiger partial charge in [-0.25, -0.2) is 0 Å². The van der Waals surface area contributed by atoms with E-state index in [0.717, 1.165) is 25.7 Å².